The Kier molecular flexibility index (Phi) is 5.05. The van der Waals surface area contributed by atoms with E-state index in [0.717, 1.165) is 23.5 Å². The standard InChI is InChI=1S/C19H11F3N2OS/c20-11-5-6-12(15(22)9-11)16(10-23)24-19(25)18-8-7-17(26-18)13-3-1-2-4-14(13)21/h1-9,16H,(H,24,25). The van der Waals surface area contributed by atoms with Gasteiger partial charge < -0.3 is 5.32 Å². The lowest BCUT2D eigenvalue weighted by Crippen LogP contribution is -2.27. The second kappa shape index (κ2) is 7.42. The zero-order chi connectivity index (χ0) is 18.7. The van der Waals surface area contributed by atoms with Crippen molar-refractivity contribution >= 4 is 17.2 Å². The van der Waals surface area contributed by atoms with Crippen LogP contribution < -0.4 is 5.32 Å². The number of carbonyl (C=O) groups is 1. The highest BCUT2D eigenvalue weighted by atomic mass is 32.1. The van der Waals surface area contributed by atoms with E-state index >= 15 is 0 Å². The van der Waals surface area contributed by atoms with Gasteiger partial charge in [-0.1, -0.05) is 24.3 Å². The molecule has 1 amide bonds. The molecule has 0 bridgehead atoms. The number of rotatable bonds is 4. The first-order valence-corrected chi connectivity index (χ1v) is 8.31. The lowest BCUT2D eigenvalue weighted by Gasteiger charge is -2.12. The van der Waals surface area contributed by atoms with Gasteiger partial charge in [0.1, 0.15) is 23.5 Å². The van der Waals surface area contributed by atoms with Crippen molar-refractivity contribution in [3.8, 4) is 16.5 Å². The Balaban J connectivity index is 1.82. The van der Waals surface area contributed by atoms with Crippen LogP contribution >= 0.6 is 11.3 Å². The highest BCUT2D eigenvalue weighted by Crippen LogP contribution is 2.30. The molecule has 0 radical (unpaired) electrons. The zero-order valence-corrected chi connectivity index (χ0v) is 14.0. The van der Waals surface area contributed by atoms with Crippen LogP contribution in [-0.4, -0.2) is 5.91 Å². The summed E-state index contributed by atoms with van der Waals surface area (Å²) in [6.07, 6.45) is 0. The van der Waals surface area contributed by atoms with Crippen molar-refractivity contribution in [2.75, 3.05) is 0 Å². The Morgan fingerprint density at radius 1 is 1.04 bits per heavy atom. The van der Waals surface area contributed by atoms with Gasteiger partial charge in [-0.05, 0) is 24.3 Å². The summed E-state index contributed by atoms with van der Waals surface area (Å²) < 4.78 is 40.7. The van der Waals surface area contributed by atoms with Gasteiger partial charge in [0.05, 0.1) is 10.9 Å². The van der Waals surface area contributed by atoms with E-state index in [1.807, 2.05) is 0 Å². The second-order valence-corrected chi connectivity index (χ2v) is 6.43. The molecule has 1 unspecified atom stereocenters. The highest BCUT2D eigenvalue weighted by Gasteiger charge is 2.20. The van der Waals surface area contributed by atoms with E-state index in [0.29, 0.717) is 16.5 Å². The van der Waals surface area contributed by atoms with Crippen molar-refractivity contribution in [1.29, 1.82) is 5.26 Å². The van der Waals surface area contributed by atoms with Gasteiger partial charge >= 0.3 is 0 Å². The van der Waals surface area contributed by atoms with E-state index in [9.17, 15) is 23.2 Å². The number of nitriles is 1. The van der Waals surface area contributed by atoms with Crippen LogP contribution in [-0.2, 0) is 0 Å². The first-order valence-electron chi connectivity index (χ1n) is 7.50. The van der Waals surface area contributed by atoms with Gasteiger partial charge in [0, 0.05) is 22.1 Å². The minimum Gasteiger partial charge on any atom is -0.332 e. The largest absolute Gasteiger partial charge is 0.332 e. The average Bonchev–Trinajstić information content (AvgIpc) is 3.10. The van der Waals surface area contributed by atoms with Gasteiger partial charge in [0.2, 0.25) is 0 Å². The van der Waals surface area contributed by atoms with Crippen molar-refractivity contribution in [1.82, 2.24) is 5.32 Å². The quantitative estimate of drug-likeness (QED) is 0.713. The van der Waals surface area contributed by atoms with Crippen LogP contribution in [0.15, 0.2) is 54.6 Å². The minimum atomic E-state index is -1.28. The first-order chi connectivity index (χ1) is 12.5. The van der Waals surface area contributed by atoms with E-state index in [2.05, 4.69) is 5.32 Å². The van der Waals surface area contributed by atoms with E-state index in [1.165, 1.54) is 12.1 Å². The van der Waals surface area contributed by atoms with Crippen molar-refractivity contribution in [2.45, 2.75) is 6.04 Å². The predicted octanol–water partition coefficient (Wildman–Crippen LogP) is 4.83. The number of hydrogen-bond acceptors (Lipinski definition) is 3. The fourth-order valence-electron chi connectivity index (χ4n) is 2.38. The highest BCUT2D eigenvalue weighted by molar-refractivity contribution is 7.17. The molecule has 0 saturated carbocycles. The molecule has 0 aliphatic heterocycles. The Morgan fingerprint density at radius 3 is 2.50 bits per heavy atom. The third kappa shape index (κ3) is 3.60. The summed E-state index contributed by atoms with van der Waals surface area (Å²) in [5.41, 5.74) is 0.228. The van der Waals surface area contributed by atoms with Gasteiger partial charge in [0.15, 0.2) is 0 Å². The van der Waals surface area contributed by atoms with Crippen LogP contribution in [0.3, 0.4) is 0 Å². The van der Waals surface area contributed by atoms with Gasteiger partial charge in [-0.3, -0.25) is 4.79 Å². The van der Waals surface area contributed by atoms with Crippen molar-refractivity contribution in [3.63, 3.8) is 0 Å². The Morgan fingerprint density at radius 2 is 1.81 bits per heavy atom. The molecule has 0 spiro atoms. The number of halogens is 3. The summed E-state index contributed by atoms with van der Waals surface area (Å²) >= 11 is 1.05. The van der Waals surface area contributed by atoms with Crippen LogP contribution in [0.4, 0.5) is 13.2 Å². The number of nitrogens with one attached hydrogen (secondary N) is 1. The fourth-order valence-corrected chi connectivity index (χ4v) is 3.32. The van der Waals surface area contributed by atoms with E-state index in [-0.39, 0.29) is 10.4 Å². The minimum absolute atomic E-state index is 0.131. The molecule has 1 aromatic heterocycles. The predicted molar refractivity (Wildman–Crippen MR) is 91.9 cm³/mol. The summed E-state index contributed by atoms with van der Waals surface area (Å²) in [4.78, 5) is 13.1. The van der Waals surface area contributed by atoms with Gasteiger partial charge in [0.25, 0.3) is 5.91 Å². The number of thiophene rings is 1. The fraction of sp³-hybridized carbons (Fsp3) is 0.0526. The van der Waals surface area contributed by atoms with Crippen molar-refractivity contribution in [3.05, 3.63) is 82.5 Å². The Bertz CT molecular complexity index is 1010. The first kappa shape index (κ1) is 17.7. The van der Waals surface area contributed by atoms with Gasteiger partial charge in [-0.2, -0.15) is 5.26 Å². The van der Waals surface area contributed by atoms with E-state index in [1.54, 1.807) is 30.3 Å². The topological polar surface area (TPSA) is 52.9 Å². The maximum Gasteiger partial charge on any atom is 0.262 e. The molecule has 7 heteroatoms. The van der Waals surface area contributed by atoms with Gasteiger partial charge in [-0.15, -0.1) is 11.3 Å². The van der Waals surface area contributed by atoms with Crippen LogP contribution in [0.25, 0.3) is 10.4 Å². The molecule has 1 N–H and O–H groups in total. The summed E-state index contributed by atoms with van der Waals surface area (Å²) in [5, 5.41) is 11.6. The summed E-state index contributed by atoms with van der Waals surface area (Å²) in [6, 6.07) is 12.5. The molecule has 3 nitrogen and oxygen atoms in total. The van der Waals surface area contributed by atoms with Crippen LogP contribution in [0.1, 0.15) is 21.3 Å². The molecule has 3 rings (SSSR count). The summed E-state index contributed by atoms with van der Waals surface area (Å²) in [5.74, 6) is -2.71. The smallest absolute Gasteiger partial charge is 0.262 e. The molecule has 0 fully saturated rings. The Hall–Kier alpha value is -3.11. The zero-order valence-electron chi connectivity index (χ0n) is 13.2. The molecule has 130 valence electrons. The van der Waals surface area contributed by atoms with Crippen LogP contribution in [0, 0.1) is 28.8 Å². The summed E-state index contributed by atoms with van der Waals surface area (Å²) in [7, 11) is 0. The number of nitrogens with zero attached hydrogens (tertiary/aromatic N) is 1. The van der Waals surface area contributed by atoms with Crippen LogP contribution in [0.2, 0.25) is 0 Å². The van der Waals surface area contributed by atoms with Crippen LogP contribution in [0.5, 0.6) is 0 Å². The molecule has 26 heavy (non-hydrogen) atoms. The number of hydrogen-bond donors (Lipinski definition) is 1. The van der Waals surface area contributed by atoms with Crippen molar-refractivity contribution < 1.29 is 18.0 Å². The molecule has 2 aromatic carbocycles. The van der Waals surface area contributed by atoms with E-state index < -0.39 is 29.4 Å². The lowest BCUT2D eigenvalue weighted by atomic mass is 10.1. The molecular weight excluding hydrogens is 361 g/mol. The maximum atomic E-state index is 13.8. The lowest BCUT2D eigenvalue weighted by molar-refractivity contribution is 0.0949. The molecule has 1 atom stereocenters. The van der Waals surface area contributed by atoms with Gasteiger partial charge in [-0.25, -0.2) is 13.2 Å². The Labute approximate surface area is 151 Å². The number of amides is 1. The molecule has 0 aliphatic carbocycles. The molecular formula is C19H11F3N2OS. The monoisotopic (exact) mass is 372 g/mol. The molecule has 3 aromatic rings. The molecule has 0 aliphatic rings. The normalized spacial score (nSPS) is 11.6. The number of carbonyl (C=O) groups excluding carboxylic acids is 1. The maximum absolute atomic E-state index is 13.8. The second-order valence-electron chi connectivity index (χ2n) is 5.35. The number of benzene rings is 2. The third-order valence-electron chi connectivity index (χ3n) is 3.65. The SMILES string of the molecule is N#CC(NC(=O)c1ccc(-c2ccccc2F)s1)c1ccc(F)cc1F. The molecule has 1 heterocycles. The van der Waals surface area contributed by atoms with E-state index in [4.69, 9.17) is 0 Å². The summed E-state index contributed by atoms with van der Waals surface area (Å²) in [6.45, 7) is 0. The molecule has 0 saturated heterocycles. The third-order valence-corrected chi connectivity index (χ3v) is 4.76. The average molecular weight is 372 g/mol. The van der Waals surface area contributed by atoms with Crippen molar-refractivity contribution in [2.24, 2.45) is 0 Å².